The number of hydrogen-bond donors (Lipinski definition) is 4. The highest BCUT2D eigenvalue weighted by Crippen LogP contribution is 2.16. The molecule has 1 aliphatic heterocycles. The molecule has 4 atom stereocenters. The van der Waals surface area contributed by atoms with Crippen LogP contribution >= 0.6 is 0 Å². The Balaban J connectivity index is 2.49. The summed E-state index contributed by atoms with van der Waals surface area (Å²) in [4.78, 5) is 0. The molecule has 0 aromatic rings. The molecule has 12 heavy (non-hydrogen) atoms. The van der Waals surface area contributed by atoms with Gasteiger partial charge in [-0.1, -0.05) is 0 Å². The first-order valence-electron chi connectivity index (χ1n) is 3.57. The van der Waals surface area contributed by atoms with Crippen LogP contribution in [0, 0.1) is 0 Å². The van der Waals surface area contributed by atoms with Crippen molar-refractivity contribution in [3.8, 4) is 0 Å². The van der Waals surface area contributed by atoms with Crippen LogP contribution in [0.4, 0.5) is 0 Å². The Kier molecular flexibility index (Phi) is 3.39. The van der Waals surface area contributed by atoms with Crippen molar-refractivity contribution >= 4 is 0 Å². The van der Waals surface area contributed by atoms with Crippen molar-refractivity contribution in [3.05, 3.63) is 0 Å². The van der Waals surface area contributed by atoms with Gasteiger partial charge in [0.1, 0.15) is 12.2 Å². The summed E-state index contributed by atoms with van der Waals surface area (Å²) in [6, 6.07) is 0. The van der Waals surface area contributed by atoms with Crippen molar-refractivity contribution in [2.45, 2.75) is 24.8 Å². The van der Waals surface area contributed by atoms with Crippen LogP contribution in [0.2, 0.25) is 0 Å². The molecular formula is C6H12O6. The lowest BCUT2D eigenvalue weighted by Gasteiger charge is -2.35. The highest BCUT2D eigenvalue weighted by Gasteiger charge is 2.36. The fourth-order valence-electron chi connectivity index (χ4n) is 0.934. The molecule has 0 unspecified atom stereocenters. The van der Waals surface area contributed by atoms with Gasteiger partial charge >= 0.3 is 0 Å². The van der Waals surface area contributed by atoms with Crippen molar-refractivity contribution in [2.24, 2.45) is 0 Å². The summed E-state index contributed by atoms with van der Waals surface area (Å²) in [7, 11) is 0. The average Bonchev–Trinajstić information content (AvgIpc) is 2.08. The molecule has 1 rings (SSSR count). The minimum Gasteiger partial charge on any atom is -0.393 e. The Labute approximate surface area is 69.0 Å². The molecule has 0 aliphatic carbocycles. The zero-order valence-corrected chi connectivity index (χ0v) is 6.33. The predicted octanol–water partition coefficient (Wildman–Crippen LogP) is -2.61. The average molecular weight is 180 g/mol. The lowest BCUT2D eigenvalue weighted by atomic mass is 10.2. The quantitative estimate of drug-likeness (QED) is 0.371. The maximum Gasteiger partial charge on any atom is 0.184 e. The smallest absolute Gasteiger partial charge is 0.184 e. The Morgan fingerprint density at radius 1 is 0.833 bits per heavy atom. The van der Waals surface area contributed by atoms with E-state index < -0.39 is 38.0 Å². The van der Waals surface area contributed by atoms with E-state index in [1.807, 2.05) is 0 Å². The van der Waals surface area contributed by atoms with Crippen LogP contribution in [0.25, 0.3) is 0 Å². The van der Waals surface area contributed by atoms with Gasteiger partial charge in [0.15, 0.2) is 12.6 Å². The summed E-state index contributed by atoms with van der Waals surface area (Å²) in [6.07, 6.45) is -4.53. The summed E-state index contributed by atoms with van der Waals surface area (Å²) < 4.78 is 9.44. The van der Waals surface area contributed by atoms with Gasteiger partial charge in [-0.15, -0.1) is 0 Å². The Morgan fingerprint density at radius 3 is 1.42 bits per heavy atom. The molecule has 6 nitrogen and oxygen atoms in total. The molecule has 0 spiro atoms. The van der Waals surface area contributed by atoms with E-state index in [-0.39, 0.29) is 0 Å². The molecule has 6 heteroatoms. The molecule has 1 heterocycles. The van der Waals surface area contributed by atoms with E-state index in [4.69, 9.17) is 29.9 Å². The van der Waals surface area contributed by atoms with Crippen LogP contribution in [0.1, 0.15) is 0 Å². The lowest BCUT2D eigenvalue weighted by Crippen LogP contribution is -2.51. The van der Waals surface area contributed by atoms with E-state index in [0.717, 1.165) is 0 Å². The molecule has 0 saturated carbocycles. The van der Waals surface area contributed by atoms with Gasteiger partial charge in [-0.2, -0.15) is 0 Å². The van der Waals surface area contributed by atoms with Crippen molar-refractivity contribution < 1.29 is 29.9 Å². The number of rotatable bonds is 2. The van der Waals surface area contributed by atoms with Crippen LogP contribution in [-0.4, -0.2) is 58.4 Å². The van der Waals surface area contributed by atoms with Gasteiger partial charge < -0.3 is 29.9 Å². The first-order valence-corrected chi connectivity index (χ1v) is 3.57. The maximum atomic E-state index is 9.06. The number of hydrogen-bond acceptors (Lipinski definition) is 6. The van der Waals surface area contributed by atoms with Gasteiger partial charge in [-0.25, -0.2) is 0 Å². The minimum absolute atomic E-state index is 0.448. The number of aliphatic hydroxyl groups excluding tert-OH is 4. The fourth-order valence-corrected chi connectivity index (χ4v) is 0.934. The summed E-state index contributed by atoms with van der Waals surface area (Å²) in [5.74, 6) is 0. The largest absolute Gasteiger partial charge is 0.393 e. The third kappa shape index (κ3) is 1.92. The van der Waals surface area contributed by atoms with Crippen molar-refractivity contribution in [1.29, 1.82) is 0 Å². The monoisotopic (exact) mass is 180 g/mol. The highest BCUT2D eigenvalue weighted by atomic mass is 16.7. The summed E-state index contributed by atoms with van der Waals surface area (Å²) in [5.41, 5.74) is 0. The number of ether oxygens (including phenoxy) is 2. The van der Waals surface area contributed by atoms with E-state index >= 15 is 0 Å². The highest BCUT2D eigenvalue weighted by molar-refractivity contribution is 4.72. The van der Waals surface area contributed by atoms with Gasteiger partial charge in [0, 0.05) is 0 Å². The molecule has 0 aromatic heterocycles. The van der Waals surface area contributed by atoms with Crippen LogP contribution < -0.4 is 0 Å². The lowest BCUT2D eigenvalue weighted by molar-refractivity contribution is -0.338. The van der Waals surface area contributed by atoms with E-state index in [1.54, 1.807) is 0 Å². The topological polar surface area (TPSA) is 99.4 Å². The Bertz CT molecular complexity index is 124. The molecule has 1 fully saturated rings. The van der Waals surface area contributed by atoms with Gasteiger partial charge in [0.2, 0.25) is 0 Å². The Morgan fingerprint density at radius 2 is 1.17 bits per heavy atom. The van der Waals surface area contributed by atoms with Crippen LogP contribution in [0.5, 0.6) is 0 Å². The van der Waals surface area contributed by atoms with Crippen molar-refractivity contribution in [2.75, 3.05) is 13.2 Å². The normalized spacial score (nSPS) is 43.0. The standard InChI is InChI=1S/C6H12O6/c7-1-3-5(9)12-4(2-8)6(10)11-3/h3-10H,1-2H2/t3-,4-,5-,6+/m1/s1. The summed E-state index contributed by atoms with van der Waals surface area (Å²) >= 11 is 0. The predicted molar refractivity (Wildman–Crippen MR) is 35.9 cm³/mol. The van der Waals surface area contributed by atoms with Gasteiger partial charge in [-0.05, 0) is 0 Å². The van der Waals surface area contributed by atoms with Crippen LogP contribution in [-0.2, 0) is 9.47 Å². The van der Waals surface area contributed by atoms with Crippen LogP contribution in [0.3, 0.4) is 0 Å². The van der Waals surface area contributed by atoms with Gasteiger partial charge in [-0.3, -0.25) is 0 Å². The third-order valence-electron chi connectivity index (χ3n) is 1.62. The van der Waals surface area contributed by atoms with Crippen molar-refractivity contribution in [1.82, 2.24) is 0 Å². The Hall–Kier alpha value is -0.240. The van der Waals surface area contributed by atoms with E-state index in [2.05, 4.69) is 0 Å². The zero-order chi connectivity index (χ0) is 9.14. The minimum atomic E-state index is -1.31. The molecule has 0 bridgehead atoms. The van der Waals surface area contributed by atoms with Gasteiger partial charge in [0.25, 0.3) is 0 Å². The van der Waals surface area contributed by atoms with Gasteiger partial charge in [0.05, 0.1) is 13.2 Å². The molecule has 72 valence electrons. The summed E-state index contributed by atoms with van der Waals surface area (Å²) in [5, 5.41) is 35.3. The first kappa shape index (κ1) is 9.85. The molecule has 1 saturated heterocycles. The SMILES string of the molecule is OC[C@H]1O[C@H](O)[C@@H](CO)O[C@H]1O. The first-order chi connectivity index (χ1) is 5.69. The van der Waals surface area contributed by atoms with E-state index in [0.29, 0.717) is 0 Å². The molecule has 4 N–H and O–H groups in total. The third-order valence-corrected chi connectivity index (χ3v) is 1.62. The second kappa shape index (κ2) is 4.13. The zero-order valence-electron chi connectivity index (χ0n) is 6.33. The van der Waals surface area contributed by atoms with Crippen molar-refractivity contribution in [3.63, 3.8) is 0 Å². The summed E-state index contributed by atoms with van der Waals surface area (Å²) in [6.45, 7) is -0.896. The molecule has 0 aromatic carbocycles. The van der Waals surface area contributed by atoms with Crippen LogP contribution in [0.15, 0.2) is 0 Å². The molecule has 0 radical (unpaired) electrons. The maximum absolute atomic E-state index is 9.06. The molecular weight excluding hydrogens is 168 g/mol. The van der Waals surface area contributed by atoms with E-state index in [9.17, 15) is 0 Å². The fraction of sp³-hybridized carbons (Fsp3) is 1.00. The number of aliphatic hydroxyl groups is 4. The second-order valence-electron chi connectivity index (χ2n) is 2.50. The second-order valence-corrected chi connectivity index (χ2v) is 2.50. The molecule has 1 aliphatic rings. The molecule has 0 amide bonds. The van der Waals surface area contributed by atoms with E-state index in [1.165, 1.54) is 0 Å².